The molecule has 2 heterocycles. The van der Waals surface area contributed by atoms with Gasteiger partial charge < -0.3 is 9.88 Å². The van der Waals surface area contributed by atoms with E-state index < -0.39 is 16.1 Å². The average Bonchev–Trinajstić information content (AvgIpc) is 3.18. The number of nitrogens with one attached hydrogen (secondary N) is 2. The number of hydrogen-bond donors (Lipinski definition) is 2. The molecule has 0 aliphatic carbocycles. The summed E-state index contributed by atoms with van der Waals surface area (Å²) < 4.78 is 30.7. The van der Waals surface area contributed by atoms with Gasteiger partial charge in [0, 0.05) is 35.8 Å². The van der Waals surface area contributed by atoms with Crippen LogP contribution in [-0.4, -0.2) is 41.1 Å². The monoisotopic (exact) mass is 465 g/mol. The number of carbonyl (C=O) groups excluding carboxylic acids is 1. The van der Waals surface area contributed by atoms with Crippen LogP contribution in [0.3, 0.4) is 0 Å². The van der Waals surface area contributed by atoms with Crippen molar-refractivity contribution in [2.75, 3.05) is 12.3 Å². The largest absolute Gasteiger partial charge is 0.337 e. The van der Waals surface area contributed by atoms with E-state index >= 15 is 0 Å². The molecule has 0 fully saturated rings. The molecule has 0 atom stereocenters. The molecule has 1 aromatic carbocycles. The Morgan fingerprint density at radius 2 is 2.00 bits per heavy atom. The zero-order valence-electron chi connectivity index (χ0n) is 18.1. The summed E-state index contributed by atoms with van der Waals surface area (Å²) >= 11 is 6.10. The summed E-state index contributed by atoms with van der Waals surface area (Å²) in [6.07, 6.45) is 2.91. The summed E-state index contributed by atoms with van der Waals surface area (Å²) in [6.45, 7) is 6.34. The van der Waals surface area contributed by atoms with Crippen molar-refractivity contribution in [2.45, 2.75) is 33.6 Å². The molecule has 0 aliphatic rings. The number of sulfonamides is 1. The molecule has 2 aromatic heterocycles. The van der Waals surface area contributed by atoms with E-state index in [2.05, 4.69) is 15.1 Å². The average molecular weight is 466 g/mol. The normalized spacial score (nSPS) is 11.9. The van der Waals surface area contributed by atoms with Gasteiger partial charge in [0.25, 0.3) is 0 Å². The molecular weight excluding hydrogens is 438 g/mol. The highest BCUT2D eigenvalue weighted by molar-refractivity contribution is 7.90. The molecular formula is C21H28ClN5O3S. The van der Waals surface area contributed by atoms with E-state index in [-0.39, 0.29) is 12.2 Å². The zero-order valence-corrected chi connectivity index (χ0v) is 19.7. The highest BCUT2D eigenvalue weighted by Crippen LogP contribution is 2.27. The van der Waals surface area contributed by atoms with Crippen molar-refractivity contribution in [2.24, 2.45) is 13.0 Å². The second-order valence-corrected chi connectivity index (χ2v) is 10.3. The van der Waals surface area contributed by atoms with Gasteiger partial charge in [-0.05, 0) is 49.9 Å². The summed E-state index contributed by atoms with van der Waals surface area (Å²) in [6, 6.07) is 6.87. The predicted molar refractivity (Wildman–Crippen MR) is 123 cm³/mol. The van der Waals surface area contributed by atoms with E-state index in [1.165, 1.54) is 0 Å². The molecule has 0 radical (unpaired) electrons. The SMILES string of the molecule is Cc1nn(C)c(-n2ccc3cc(Cl)ccc32)c1CCS(=O)(=O)NC(=O)NCCC(C)C. The minimum absolute atomic E-state index is 0.219. The van der Waals surface area contributed by atoms with Gasteiger partial charge in [-0.2, -0.15) is 5.10 Å². The van der Waals surface area contributed by atoms with Crippen LogP contribution in [-0.2, 0) is 23.5 Å². The van der Waals surface area contributed by atoms with Crippen molar-refractivity contribution >= 4 is 38.6 Å². The fourth-order valence-corrected chi connectivity index (χ4v) is 4.63. The molecule has 0 bridgehead atoms. The lowest BCUT2D eigenvalue weighted by Gasteiger charge is -2.12. The third kappa shape index (κ3) is 5.59. The molecule has 0 saturated carbocycles. The van der Waals surface area contributed by atoms with Crippen LogP contribution in [0.15, 0.2) is 30.5 Å². The number of rotatable bonds is 8. The van der Waals surface area contributed by atoms with E-state index in [9.17, 15) is 13.2 Å². The predicted octanol–water partition coefficient (Wildman–Crippen LogP) is 3.54. The van der Waals surface area contributed by atoms with Crippen LogP contribution in [0.1, 0.15) is 31.5 Å². The van der Waals surface area contributed by atoms with Crippen LogP contribution in [0.5, 0.6) is 0 Å². The smallest absolute Gasteiger partial charge is 0.328 e. The number of halogens is 1. The first-order valence-electron chi connectivity index (χ1n) is 10.1. The Bertz CT molecular complexity index is 1200. The van der Waals surface area contributed by atoms with Gasteiger partial charge in [0.05, 0.1) is 17.0 Å². The first kappa shape index (κ1) is 23.1. The minimum atomic E-state index is -3.80. The fraction of sp³-hybridized carbons (Fsp3) is 0.429. The summed E-state index contributed by atoms with van der Waals surface area (Å²) in [5, 5.41) is 8.69. The summed E-state index contributed by atoms with van der Waals surface area (Å²) in [7, 11) is -1.97. The van der Waals surface area contributed by atoms with Crippen LogP contribution >= 0.6 is 11.6 Å². The number of carbonyl (C=O) groups is 1. The maximum absolute atomic E-state index is 12.5. The van der Waals surface area contributed by atoms with Crippen LogP contribution < -0.4 is 10.0 Å². The van der Waals surface area contributed by atoms with E-state index in [0.29, 0.717) is 17.5 Å². The number of benzene rings is 1. The Hall–Kier alpha value is -2.52. The van der Waals surface area contributed by atoms with E-state index in [0.717, 1.165) is 34.4 Å². The molecule has 0 unspecified atom stereocenters. The number of urea groups is 1. The maximum Gasteiger partial charge on any atom is 0.328 e. The Morgan fingerprint density at radius 3 is 2.71 bits per heavy atom. The molecule has 0 spiro atoms. The van der Waals surface area contributed by atoms with E-state index in [4.69, 9.17) is 11.6 Å². The van der Waals surface area contributed by atoms with E-state index in [1.54, 1.807) is 4.68 Å². The lowest BCUT2D eigenvalue weighted by atomic mass is 10.1. The lowest BCUT2D eigenvalue weighted by molar-refractivity contribution is 0.245. The molecule has 3 rings (SSSR count). The van der Waals surface area contributed by atoms with Gasteiger partial charge in [-0.1, -0.05) is 25.4 Å². The van der Waals surface area contributed by atoms with Crippen LogP contribution in [0.4, 0.5) is 4.79 Å². The third-order valence-corrected chi connectivity index (χ3v) is 6.54. The number of hydrogen-bond acceptors (Lipinski definition) is 4. The molecule has 2 N–H and O–H groups in total. The first-order valence-corrected chi connectivity index (χ1v) is 12.2. The van der Waals surface area contributed by atoms with Gasteiger partial charge in [0.15, 0.2) is 0 Å². The summed E-state index contributed by atoms with van der Waals surface area (Å²) in [5.41, 5.74) is 2.49. The number of amides is 2. The molecule has 3 aromatic rings. The molecule has 10 heteroatoms. The molecule has 2 amide bonds. The van der Waals surface area contributed by atoms with Gasteiger partial charge in [0.1, 0.15) is 5.82 Å². The number of aromatic nitrogens is 3. The highest BCUT2D eigenvalue weighted by Gasteiger charge is 2.21. The lowest BCUT2D eigenvalue weighted by Crippen LogP contribution is -2.41. The van der Waals surface area contributed by atoms with Crippen molar-refractivity contribution in [3.63, 3.8) is 0 Å². The van der Waals surface area contributed by atoms with Gasteiger partial charge in [-0.25, -0.2) is 17.9 Å². The molecule has 168 valence electrons. The van der Waals surface area contributed by atoms with Crippen molar-refractivity contribution in [1.29, 1.82) is 0 Å². The molecule has 31 heavy (non-hydrogen) atoms. The van der Waals surface area contributed by atoms with Crippen LogP contribution in [0, 0.1) is 12.8 Å². The minimum Gasteiger partial charge on any atom is -0.337 e. The summed E-state index contributed by atoms with van der Waals surface area (Å²) in [4.78, 5) is 11.9. The fourth-order valence-electron chi connectivity index (χ4n) is 3.52. The Labute approximate surface area is 187 Å². The standard InChI is InChI=1S/C21H28ClN5O3S/c1-14(2)7-10-23-21(28)25-31(29,30)12-9-18-15(3)24-26(4)20(18)27-11-8-16-13-17(22)5-6-19(16)27/h5-6,8,11,13-14H,7,9-10,12H2,1-4H3,(H2,23,25,28). The zero-order chi connectivity index (χ0) is 22.8. The van der Waals surface area contributed by atoms with Crippen molar-refractivity contribution in [1.82, 2.24) is 24.4 Å². The highest BCUT2D eigenvalue weighted by atomic mass is 35.5. The van der Waals surface area contributed by atoms with Gasteiger partial charge in [-0.15, -0.1) is 0 Å². The van der Waals surface area contributed by atoms with Gasteiger partial charge in [-0.3, -0.25) is 4.68 Å². The Balaban J connectivity index is 1.78. The van der Waals surface area contributed by atoms with Crippen LogP contribution in [0.2, 0.25) is 5.02 Å². The van der Waals surface area contributed by atoms with Gasteiger partial charge in [0.2, 0.25) is 10.0 Å². The molecule has 0 aliphatic heterocycles. The first-order chi connectivity index (χ1) is 14.6. The number of nitrogens with zero attached hydrogens (tertiary/aromatic N) is 3. The quantitative estimate of drug-likeness (QED) is 0.531. The topological polar surface area (TPSA) is 98.0 Å². The second kappa shape index (κ2) is 9.32. The number of fused-ring (bicyclic) bond motifs is 1. The second-order valence-electron chi connectivity index (χ2n) is 8.01. The number of aryl methyl sites for hydroxylation is 2. The van der Waals surface area contributed by atoms with E-state index in [1.807, 2.05) is 62.8 Å². The van der Waals surface area contributed by atoms with Gasteiger partial charge >= 0.3 is 6.03 Å². The van der Waals surface area contributed by atoms with Crippen molar-refractivity contribution < 1.29 is 13.2 Å². The molecule has 8 nitrogen and oxygen atoms in total. The third-order valence-electron chi connectivity index (χ3n) is 5.07. The summed E-state index contributed by atoms with van der Waals surface area (Å²) in [5.74, 6) is 0.978. The molecule has 0 saturated heterocycles. The van der Waals surface area contributed by atoms with Crippen molar-refractivity contribution in [3.05, 3.63) is 46.7 Å². The Morgan fingerprint density at radius 1 is 1.26 bits per heavy atom. The van der Waals surface area contributed by atoms with Crippen molar-refractivity contribution in [3.8, 4) is 5.82 Å². The van der Waals surface area contributed by atoms with Crippen LogP contribution in [0.25, 0.3) is 16.7 Å². The Kier molecular flexibility index (Phi) is 6.96. The maximum atomic E-state index is 12.5.